The molecule has 1 saturated heterocycles. The van der Waals surface area contributed by atoms with Gasteiger partial charge in [-0.05, 0) is 0 Å². The first-order valence-corrected chi connectivity index (χ1v) is 5.46. The van der Waals surface area contributed by atoms with Crippen LogP contribution in [0.3, 0.4) is 0 Å². The third kappa shape index (κ3) is 4.89. The van der Waals surface area contributed by atoms with E-state index in [2.05, 4.69) is 10.6 Å². The Morgan fingerprint density at radius 2 is 2.56 bits per heavy atom. The van der Waals surface area contributed by atoms with Gasteiger partial charge in [0.25, 0.3) is 0 Å². The van der Waals surface area contributed by atoms with E-state index in [4.69, 9.17) is 14.6 Å². The van der Waals surface area contributed by atoms with Gasteiger partial charge in [0.2, 0.25) is 5.91 Å². The van der Waals surface area contributed by atoms with Gasteiger partial charge < -0.3 is 25.2 Å². The predicted octanol–water partition coefficient (Wildman–Crippen LogP) is -1.51. The minimum absolute atomic E-state index is 0.0654. The van der Waals surface area contributed by atoms with Crippen LogP contribution in [0.15, 0.2) is 0 Å². The SMILES string of the molecule is COCC(CO)NC(=O)CC1COCCN1. The third-order valence-electron chi connectivity index (χ3n) is 2.38. The first kappa shape index (κ1) is 13.4. The van der Waals surface area contributed by atoms with Crippen molar-refractivity contribution in [1.29, 1.82) is 0 Å². The summed E-state index contributed by atoms with van der Waals surface area (Å²) in [5.74, 6) is -0.0981. The van der Waals surface area contributed by atoms with Gasteiger partial charge in [-0.2, -0.15) is 0 Å². The Bertz CT molecular complexity index is 198. The van der Waals surface area contributed by atoms with E-state index < -0.39 is 0 Å². The van der Waals surface area contributed by atoms with E-state index in [0.717, 1.165) is 6.54 Å². The number of ether oxygens (including phenoxy) is 2. The monoisotopic (exact) mass is 232 g/mol. The Labute approximate surface area is 95.3 Å². The molecule has 0 saturated carbocycles. The molecule has 0 radical (unpaired) electrons. The van der Waals surface area contributed by atoms with Crippen LogP contribution in [0.2, 0.25) is 0 Å². The van der Waals surface area contributed by atoms with Crippen molar-refractivity contribution in [1.82, 2.24) is 10.6 Å². The molecule has 16 heavy (non-hydrogen) atoms. The van der Waals surface area contributed by atoms with Crippen LogP contribution in [0.25, 0.3) is 0 Å². The van der Waals surface area contributed by atoms with Crippen LogP contribution >= 0.6 is 0 Å². The molecule has 0 aromatic rings. The Morgan fingerprint density at radius 3 is 3.12 bits per heavy atom. The summed E-state index contributed by atoms with van der Waals surface area (Å²) in [4.78, 5) is 11.6. The molecule has 0 aromatic heterocycles. The second-order valence-electron chi connectivity index (χ2n) is 3.83. The summed E-state index contributed by atoms with van der Waals surface area (Å²) in [7, 11) is 1.53. The van der Waals surface area contributed by atoms with E-state index in [1.165, 1.54) is 7.11 Å². The van der Waals surface area contributed by atoms with Crippen LogP contribution in [0.4, 0.5) is 0 Å². The summed E-state index contributed by atoms with van der Waals surface area (Å²) in [6, 6.07) is -0.266. The normalized spacial score (nSPS) is 22.8. The van der Waals surface area contributed by atoms with Crippen molar-refractivity contribution in [3.63, 3.8) is 0 Å². The fraction of sp³-hybridized carbons (Fsp3) is 0.900. The first-order chi connectivity index (χ1) is 7.76. The minimum atomic E-state index is -0.331. The standard InChI is InChI=1S/C10H20N2O4/c1-15-6-9(5-13)12-10(14)4-8-7-16-3-2-11-8/h8-9,11,13H,2-7H2,1H3,(H,12,14). The number of hydrogen-bond acceptors (Lipinski definition) is 5. The van der Waals surface area contributed by atoms with Gasteiger partial charge in [0, 0.05) is 26.1 Å². The van der Waals surface area contributed by atoms with E-state index >= 15 is 0 Å². The molecule has 94 valence electrons. The maximum Gasteiger partial charge on any atom is 0.222 e. The zero-order valence-corrected chi connectivity index (χ0v) is 9.57. The minimum Gasteiger partial charge on any atom is -0.394 e. The van der Waals surface area contributed by atoms with Crippen LogP contribution in [0, 0.1) is 0 Å². The van der Waals surface area contributed by atoms with Gasteiger partial charge in [0.15, 0.2) is 0 Å². The fourth-order valence-corrected chi connectivity index (χ4v) is 1.60. The number of nitrogens with one attached hydrogen (secondary N) is 2. The number of rotatable bonds is 6. The summed E-state index contributed by atoms with van der Waals surface area (Å²) in [5, 5.41) is 14.9. The molecule has 1 fully saturated rings. The molecule has 0 aliphatic carbocycles. The van der Waals surface area contributed by atoms with Gasteiger partial charge in [-0.1, -0.05) is 0 Å². The highest BCUT2D eigenvalue weighted by Crippen LogP contribution is 1.98. The van der Waals surface area contributed by atoms with Crippen LogP contribution in [-0.2, 0) is 14.3 Å². The zero-order chi connectivity index (χ0) is 11.8. The third-order valence-corrected chi connectivity index (χ3v) is 2.38. The van der Waals surface area contributed by atoms with Gasteiger partial charge in [0.1, 0.15) is 0 Å². The van der Waals surface area contributed by atoms with Crippen molar-refractivity contribution < 1.29 is 19.4 Å². The number of morpholine rings is 1. The zero-order valence-electron chi connectivity index (χ0n) is 9.57. The lowest BCUT2D eigenvalue weighted by Crippen LogP contribution is -2.47. The van der Waals surface area contributed by atoms with Crippen molar-refractivity contribution in [3.8, 4) is 0 Å². The van der Waals surface area contributed by atoms with Crippen LogP contribution in [0.5, 0.6) is 0 Å². The van der Waals surface area contributed by atoms with Crippen molar-refractivity contribution >= 4 is 5.91 Å². The second-order valence-corrected chi connectivity index (χ2v) is 3.83. The number of aliphatic hydroxyl groups excluding tert-OH is 1. The average Bonchev–Trinajstić information content (AvgIpc) is 2.29. The Balaban J connectivity index is 2.22. The highest BCUT2D eigenvalue weighted by molar-refractivity contribution is 5.76. The maximum absolute atomic E-state index is 11.6. The predicted molar refractivity (Wildman–Crippen MR) is 58.1 cm³/mol. The van der Waals surface area contributed by atoms with Gasteiger partial charge in [-0.3, -0.25) is 4.79 Å². The molecule has 2 atom stereocenters. The number of carbonyl (C=O) groups excluding carboxylic acids is 1. The van der Waals surface area contributed by atoms with E-state index in [0.29, 0.717) is 26.2 Å². The lowest BCUT2D eigenvalue weighted by atomic mass is 10.2. The largest absolute Gasteiger partial charge is 0.394 e. The highest BCUT2D eigenvalue weighted by Gasteiger charge is 2.18. The molecule has 6 nitrogen and oxygen atoms in total. The summed E-state index contributed by atoms with van der Waals surface area (Å²) < 4.78 is 10.1. The number of aliphatic hydroxyl groups is 1. The van der Waals surface area contributed by atoms with E-state index in [9.17, 15) is 4.79 Å². The lowest BCUT2D eigenvalue weighted by Gasteiger charge is -2.24. The smallest absolute Gasteiger partial charge is 0.222 e. The fourth-order valence-electron chi connectivity index (χ4n) is 1.60. The Hall–Kier alpha value is -0.690. The molecule has 6 heteroatoms. The molecule has 1 rings (SSSR count). The number of methoxy groups -OCH3 is 1. The summed E-state index contributed by atoms with van der Waals surface area (Å²) >= 11 is 0. The molecule has 0 spiro atoms. The molecule has 0 bridgehead atoms. The van der Waals surface area contributed by atoms with Crippen molar-refractivity contribution in [2.75, 3.05) is 40.1 Å². The molecular formula is C10H20N2O4. The van der Waals surface area contributed by atoms with Gasteiger partial charge in [-0.15, -0.1) is 0 Å². The van der Waals surface area contributed by atoms with E-state index in [-0.39, 0.29) is 24.6 Å². The summed E-state index contributed by atoms with van der Waals surface area (Å²) in [5.41, 5.74) is 0. The van der Waals surface area contributed by atoms with Gasteiger partial charge >= 0.3 is 0 Å². The molecule has 0 aromatic carbocycles. The van der Waals surface area contributed by atoms with Crippen molar-refractivity contribution in [2.24, 2.45) is 0 Å². The van der Waals surface area contributed by atoms with Gasteiger partial charge in [0.05, 0.1) is 32.5 Å². The molecule has 1 heterocycles. The molecular weight excluding hydrogens is 212 g/mol. The first-order valence-electron chi connectivity index (χ1n) is 5.46. The lowest BCUT2D eigenvalue weighted by molar-refractivity contribution is -0.123. The number of amides is 1. The quantitative estimate of drug-likeness (QED) is 0.519. The van der Waals surface area contributed by atoms with Gasteiger partial charge in [-0.25, -0.2) is 0 Å². The Morgan fingerprint density at radius 1 is 1.75 bits per heavy atom. The van der Waals surface area contributed by atoms with Crippen molar-refractivity contribution in [3.05, 3.63) is 0 Å². The van der Waals surface area contributed by atoms with Crippen molar-refractivity contribution in [2.45, 2.75) is 18.5 Å². The Kier molecular flexibility index (Phi) is 6.32. The topological polar surface area (TPSA) is 79.8 Å². The number of carbonyl (C=O) groups is 1. The van der Waals surface area contributed by atoms with Crippen LogP contribution < -0.4 is 10.6 Å². The summed E-state index contributed by atoms with van der Waals surface area (Å²) in [6.07, 6.45) is 0.361. The van der Waals surface area contributed by atoms with Crippen LogP contribution in [-0.4, -0.2) is 63.2 Å². The molecule has 1 amide bonds. The average molecular weight is 232 g/mol. The molecule has 2 unspecified atom stereocenters. The van der Waals surface area contributed by atoms with E-state index in [1.54, 1.807) is 0 Å². The molecule has 3 N–H and O–H groups in total. The number of hydrogen-bond donors (Lipinski definition) is 3. The highest BCUT2D eigenvalue weighted by atomic mass is 16.5. The second kappa shape index (κ2) is 7.56. The maximum atomic E-state index is 11.6. The van der Waals surface area contributed by atoms with E-state index in [1.807, 2.05) is 0 Å². The molecule has 1 aliphatic rings. The van der Waals surface area contributed by atoms with Crippen LogP contribution in [0.1, 0.15) is 6.42 Å². The summed E-state index contributed by atoms with van der Waals surface area (Å²) in [6.45, 7) is 2.23. The molecule has 1 aliphatic heterocycles.